The van der Waals surface area contributed by atoms with E-state index in [9.17, 15) is 14.7 Å². The predicted molar refractivity (Wildman–Crippen MR) is 124 cm³/mol. The van der Waals surface area contributed by atoms with Crippen LogP contribution in [0.15, 0.2) is 36.7 Å². The van der Waals surface area contributed by atoms with Gasteiger partial charge in [0.15, 0.2) is 5.75 Å². The third-order valence-corrected chi connectivity index (χ3v) is 6.93. The molecule has 0 bridgehead atoms. The third kappa shape index (κ3) is 4.98. The van der Waals surface area contributed by atoms with Crippen molar-refractivity contribution in [2.45, 2.75) is 24.8 Å². The van der Waals surface area contributed by atoms with Crippen LogP contribution in [-0.4, -0.2) is 83.3 Å². The molecule has 0 spiro atoms. The molecular weight excluding hydrogens is 446 g/mol. The molecule has 2 aliphatic rings. The number of ether oxygens (including phenoxy) is 1. The monoisotopic (exact) mass is 473 g/mol. The number of hydrogen-bond donors (Lipinski definition) is 1. The first-order valence-corrected chi connectivity index (χ1v) is 11.4. The van der Waals surface area contributed by atoms with Gasteiger partial charge in [0.25, 0.3) is 0 Å². The fourth-order valence-electron chi connectivity index (χ4n) is 4.70. The SMILES string of the molecule is COc1cnc(N2CCC(C(=O)N3C[C@@H](N(C)C(=O)O)[C@H](c4ccc(Cl)cc4)C3)CC2)nc1. The van der Waals surface area contributed by atoms with Crippen molar-refractivity contribution in [1.29, 1.82) is 0 Å². The number of carbonyl (C=O) groups excluding carboxylic acids is 1. The quantitative estimate of drug-likeness (QED) is 0.712. The lowest BCUT2D eigenvalue weighted by molar-refractivity contribution is -0.135. The van der Waals surface area contributed by atoms with Crippen LogP contribution in [0.2, 0.25) is 5.02 Å². The number of nitrogens with zero attached hydrogens (tertiary/aromatic N) is 5. The Hall–Kier alpha value is -3.07. The largest absolute Gasteiger partial charge is 0.494 e. The number of rotatable bonds is 5. The smallest absolute Gasteiger partial charge is 0.407 e. The van der Waals surface area contributed by atoms with Crippen LogP contribution in [-0.2, 0) is 4.79 Å². The van der Waals surface area contributed by atoms with Gasteiger partial charge >= 0.3 is 6.09 Å². The lowest BCUT2D eigenvalue weighted by Gasteiger charge is -2.33. The lowest BCUT2D eigenvalue weighted by atomic mass is 9.93. The van der Waals surface area contributed by atoms with Crippen LogP contribution in [0.5, 0.6) is 5.75 Å². The average molecular weight is 474 g/mol. The molecule has 2 saturated heterocycles. The highest BCUT2D eigenvalue weighted by molar-refractivity contribution is 6.30. The van der Waals surface area contributed by atoms with E-state index in [2.05, 4.69) is 14.9 Å². The first-order chi connectivity index (χ1) is 15.9. The van der Waals surface area contributed by atoms with Crippen LogP contribution in [0, 0.1) is 5.92 Å². The molecule has 1 N–H and O–H groups in total. The molecule has 0 aliphatic carbocycles. The zero-order chi connectivity index (χ0) is 23.5. The van der Waals surface area contributed by atoms with Crippen molar-refractivity contribution in [2.24, 2.45) is 5.92 Å². The van der Waals surface area contributed by atoms with Crippen LogP contribution in [0.1, 0.15) is 24.3 Å². The minimum absolute atomic E-state index is 0.0885. The second-order valence-electron chi connectivity index (χ2n) is 8.55. The van der Waals surface area contributed by atoms with Gasteiger partial charge in [0.1, 0.15) is 0 Å². The number of amides is 2. The van der Waals surface area contributed by atoms with Gasteiger partial charge < -0.3 is 24.5 Å². The number of carboxylic acid groups (broad SMARTS) is 1. The van der Waals surface area contributed by atoms with Gasteiger partial charge in [-0.05, 0) is 30.5 Å². The summed E-state index contributed by atoms with van der Waals surface area (Å²) in [5.74, 6) is 1.13. The molecule has 2 aromatic rings. The van der Waals surface area contributed by atoms with E-state index >= 15 is 0 Å². The number of methoxy groups -OCH3 is 1. The minimum atomic E-state index is -0.999. The van der Waals surface area contributed by atoms with E-state index in [4.69, 9.17) is 16.3 Å². The summed E-state index contributed by atoms with van der Waals surface area (Å²) in [7, 11) is 3.14. The number of piperidine rings is 1. The Kier molecular flexibility index (Phi) is 6.88. The first kappa shape index (κ1) is 23.1. The molecule has 33 heavy (non-hydrogen) atoms. The highest BCUT2D eigenvalue weighted by Gasteiger charge is 2.42. The van der Waals surface area contributed by atoms with Crippen molar-refractivity contribution < 1.29 is 19.4 Å². The van der Waals surface area contributed by atoms with Gasteiger partial charge in [-0.15, -0.1) is 0 Å². The third-order valence-electron chi connectivity index (χ3n) is 6.68. The van der Waals surface area contributed by atoms with Crippen molar-refractivity contribution in [2.75, 3.05) is 45.2 Å². The fourth-order valence-corrected chi connectivity index (χ4v) is 4.83. The average Bonchev–Trinajstić information content (AvgIpc) is 3.29. The predicted octanol–water partition coefficient (Wildman–Crippen LogP) is 2.96. The number of hydrogen-bond acceptors (Lipinski definition) is 6. The van der Waals surface area contributed by atoms with Crippen LogP contribution >= 0.6 is 11.6 Å². The second-order valence-corrected chi connectivity index (χ2v) is 8.98. The Labute approximate surface area is 197 Å². The summed E-state index contributed by atoms with van der Waals surface area (Å²) < 4.78 is 5.11. The molecule has 1 aromatic carbocycles. The summed E-state index contributed by atoms with van der Waals surface area (Å²) in [5.41, 5.74) is 0.985. The van der Waals surface area contributed by atoms with Crippen molar-refractivity contribution in [3.05, 3.63) is 47.2 Å². The van der Waals surface area contributed by atoms with Crippen LogP contribution in [0.25, 0.3) is 0 Å². The Morgan fingerprint density at radius 1 is 1.12 bits per heavy atom. The maximum Gasteiger partial charge on any atom is 0.407 e. The normalized spacial score (nSPS) is 21.2. The zero-order valence-electron chi connectivity index (χ0n) is 18.7. The molecule has 2 fully saturated rings. The number of benzene rings is 1. The van der Waals surface area contributed by atoms with Gasteiger partial charge in [-0.2, -0.15) is 0 Å². The summed E-state index contributed by atoms with van der Waals surface area (Å²) in [5, 5.41) is 10.2. The van der Waals surface area contributed by atoms with Gasteiger partial charge in [0.2, 0.25) is 11.9 Å². The van der Waals surface area contributed by atoms with Crippen molar-refractivity contribution in [3.8, 4) is 5.75 Å². The molecule has 3 heterocycles. The van der Waals surface area contributed by atoms with Crippen molar-refractivity contribution in [3.63, 3.8) is 0 Å². The molecule has 2 atom stereocenters. The molecular formula is C23H28ClN5O4. The van der Waals surface area contributed by atoms with Crippen molar-refractivity contribution >= 4 is 29.5 Å². The van der Waals surface area contributed by atoms with Crippen molar-refractivity contribution in [1.82, 2.24) is 19.8 Å². The van der Waals surface area contributed by atoms with Gasteiger partial charge in [0, 0.05) is 50.1 Å². The maximum absolute atomic E-state index is 13.4. The first-order valence-electron chi connectivity index (χ1n) is 11.0. The molecule has 9 nitrogen and oxygen atoms in total. The van der Waals surface area contributed by atoms with Gasteiger partial charge in [-0.3, -0.25) is 4.79 Å². The Morgan fingerprint density at radius 3 is 2.33 bits per heavy atom. The molecule has 0 unspecified atom stereocenters. The van der Waals surface area contributed by atoms with E-state index in [0.29, 0.717) is 55.7 Å². The summed E-state index contributed by atoms with van der Waals surface area (Å²) in [6.07, 6.45) is 3.69. The standard InChI is InChI=1S/C23H28ClN5O4/c1-27(23(31)32)20-14-29(13-19(20)15-3-5-17(24)6-4-15)21(30)16-7-9-28(10-8-16)22-25-11-18(33-2)12-26-22/h3-6,11-12,16,19-20H,7-10,13-14H2,1-2H3,(H,31,32)/t19-,20+/m0/s1. The van der Waals surface area contributed by atoms with E-state index in [-0.39, 0.29) is 23.8 Å². The molecule has 176 valence electrons. The summed E-state index contributed by atoms with van der Waals surface area (Å²) in [6, 6.07) is 7.13. The number of anilines is 1. The van der Waals surface area contributed by atoms with Gasteiger partial charge in [-0.1, -0.05) is 23.7 Å². The van der Waals surface area contributed by atoms with Crippen LogP contribution in [0.4, 0.5) is 10.7 Å². The summed E-state index contributed by atoms with van der Waals surface area (Å²) >= 11 is 6.03. The number of halogens is 1. The topological polar surface area (TPSA) is 99.1 Å². The number of carbonyl (C=O) groups is 2. The summed E-state index contributed by atoms with van der Waals surface area (Å²) in [4.78, 5) is 38.9. The molecule has 0 radical (unpaired) electrons. The van der Waals surface area contributed by atoms with E-state index in [1.165, 1.54) is 4.90 Å². The molecule has 4 rings (SSSR count). The van der Waals surface area contributed by atoms with Crippen LogP contribution < -0.4 is 9.64 Å². The molecule has 1 aromatic heterocycles. The van der Waals surface area contributed by atoms with E-state index in [1.54, 1.807) is 38.7 Å². The molecule has 10 heteroatoms. The fraction of sp³-hybridized carbons (Fsp3) is 0.478. The summed E-state index contributed by atoms with van der Waals surface area (Å²) in [6.45, 7) is 2.26. The molecule has 2 amide bonds. The Bertz CT molecular complexity index is 979. The van der Waals surface area contributed by atoms with E-state index < -0.39 is 6.09 Å². The second kappa shape index (κ2) is 9.82. The van der Waals surface area contributed by atoms with Gasteiger partial charge in [-0.25, -0.2) is 14.8 Å². The zero-order valence-corrected chi connectivity index (χ0v) is 19.5. The van der Waals surface area contributed by atoms with Gasteiger partial charge in [0.05, 0.1) is 25.5 Å². The Balaban J connectivity index is 1.42. The highest BCUT2D eigenvalue weighted by atomic mass is 35.5. The van der Waals surface area contributed by atoms with E-state index in [0.717, 1.165) is 5.56 Å². The Morgan fingerprint density at radius 2 is 1.76 bits per heavy atom. The van der Waals surface area contributed by atoms with Crippen LogP contribution in [0.3, 0.4) is 0 Å². The lowest BCUT2D eigenvalue weighted by Crippen LogP contribution is -2.44. The highest BCUT2D eigenvalue weighted by Crippen LogP contribution is 2.33. The number of aromatic nitrogens is 2. The minimum Gasteiger partial charge on any atom is -0.494 e. The number of likely N-dealkylation sites (N-methyl/N-ethyl adjacent to an activating group) is 1. The van der Waals surface area contributed by atoms with E-state index in [1.807, 2.05) is 17.0 Å². The maximum atomic E-state index is 13.4. The molecule has 0 saturated carbocycles. The molecule has 2 aliphatic heterocycles. The number of likely N-dealkylation sites (tertiary alicyclic amines) is 1.